The quantitative estimate of drug-likeness (QED) is 0.529. The van der Waals surface area contributed by atoms with Crippen LogP contribution in [0.5, 0.6) is 0 Å². The fraction of sp³-hybridized carbons (Fsp3) is 0.188. The van der Waals surface area contributed by atoms with Gasteiger partial charge in [-0.25, -0.2) is 4.98 Å². The van der Waals surface area contributed by atoms with Crippen molar-refractivity contribution in [2.75, 3.05) is 5.32 Å². The average Bonchev–Trinajstić information content (AvgIpc) is 3.27. The van der Waals surface area contributed by atoms with Gasteiger partial charge in [0.1, 0.15) is 4.34 Å². The van der Waals surface area contributed by atoms with E-state index in [2.05, 4.69) is 15.6 Å². The van der Waals surface area contributed by atoms with Crippen molar-refractivity contribution in [3.05, 3.63) is 42.5 Å². The molecule has 5 nitrogen and oxygen atoms in total. The zero-order valence-corrected chi connectivity index (χ0v) is 17.4. The van der Waals surface area contributed by atoms with Crippen LogP contribution in [0, 0.1) is 0 Å². The Balaban J connectivity index is 1.68. The molecule has 1 unspecified atom stereocenters. The summed E-state index contributed by atoms with van der Waals surface area (Å²) in [4.78, 5) is 29.1. The molecular weight excluding hydrogens is 433 g/mol. The maximum Gasteiger partial charge on any atom is 0.228 e. The third kappa shape index (κ3) is 4.83. The highest BCUT2D eigenvalue weighted by molar-refractivity contribution is 7.20. The highest BCUT2D eigenvalue weighted by Gasteiger charge is 2.19. The normalized spacial score (nSPS) is 12.0. The van der Waals surface area contributed by atoms with Crippen LogP contribution in [0.25, 0.3) is 11.3 Å². The van der Waals surface area contributed by atoms with Crippen molar-refractivity contribution in [1.29, 1.82) is 0 Å². The van der Waals surface area contributed by atoms with Crippen molar-refractivity contribution < 1.29 is 9.59 Å². The van der Waals surface area contributed by atoms with E-state index in [-0.39, 0.29) is 24.3 Å². The van der Waals surface area contributed by atoms with E-state index in [0.29, 0.717) is 19.5 Å². The number of nitrogens with one attached hydrogen (secondary N) is 2. The SMILES string of the molecule is CC(=O)NC(CC(=O)Nc1nc(-c2cc(Cl)sc2Cl)cs1)c1cccs1. The molecule has 10 heteroatoms. The number of halogens is 2. The van der Waals surface area contributed by atoms with Crippen LogP contribution in [0.15, 0.2) is 29.0 Å². The fourth-order valence-electron chi connectivity index (χ4n) is 2.28. The molecule has 2 N–H and O–H groups in total. The number of rotatable bonds is 6. The first-order valence-electron chi connectivity index (χ1n) is 7.43. The van der Waals surface area contributed by atoms with Crippen LogP contribution in [0.2, 0.25) is 8.67 Å². The summed E-state index contributed by atoms with van der Waals surface area (Å²) in [6, 6.07) is 5.16. The van der Waals surface area contributed by atoms with E-state index in [1.54, 1.807) is 6.07 Å². The van der Waals surface area contributed by atoms with Crippen LogP contribution in [0.4, 0.5) is 5.13 Å². The van der Waals surface area contributed by atoms with E-state index in [9.17, 15) is 9.59 Å². The van der Waals surface area contributed by atoms with Gasteiger partial charge in [-0.1, -0.05) is 29.3 Å². The molecule has 0 bridgehead atoms. The minimum atomic E-state index is -0.364. The number of hydrogen-bond acceptors (Lipinski definition) is 6. The molecule has 0 saturated heterocycles. The minimum absolute atomic E-state index is 0.125. The van der Waals surface area contributed by atoms with E-state index < -0.39 is 0 Å². The van der Waals surface area contributed by atoms with Gasteiger partial charge in [0.25, 0.3) is 0 Å². The number of carbonyl (C=O) groups is 2. The van der Waals surface area contributed by atoms with Crippen LogP contribution < -0.4 is 10.6 Å². The number of nitrogens with zero attached hydrogens (tertiary/aromatic N) is 1. The Hall–Kier alpha value is -1.45. The molecule has 136 valence electrons. The summed E-state index contributed by atoms with van der Waals surface area (Å²) in [6.07, 6.45) is 0.125. The van der Waals surface area contributed by atoms with Gasteiger partial charge in [-0.05, 0) is 17.5 Å². The van der Waals surface area contributed by atoms with Crippen LogP contribution in [0.3, 0.4) is 0 Å². The zero-order valence-electron chi connectivity index (χ0n) is 13.4. The van der Waals surface area contributed by atoms with Crippen molar-refractivity contribution in [2.45, 2.75) is 19.4 Å². The first kappa shape index (κ1) is 19.3. The van der Waals surface area contributed by atoms with Gasteiger partial charge in [0.2, 0.25) is 11.8 Å². The van der Waals surface area contributed by atoms with Crippen LogP contribution in [-0.2, 0) is 9.59 Å². The smallest absolute Gasteiger partial charge is 0.228 e. The molecule has 0 fully saturated rings. The highest BCUT2D eigenvalue weighted by atomic mass is 35.5. The Morgan fingerprint density at radius 3 is 2.73 bits per heavy atom. The fourth-order valence-corrected chi connectivity index (χ4v) is 5.27. The molecule has 0 saturated carbocycles. The molecule has 0 aliphatic heterocycles. The third-order valence-corrected chi connectivity index (χ3v) is 6.57. The van der Waals surface area contributed by atoms with Crippen molar-refractivity contribution >= 4 is 74.2 Å². The van der Waals surface area contributed by atoms with Crippen LogP contribution in [-0.4, -0.2) is 16.8 Å². The van der Waals surface area contributed by atoms with Gasteiger partial charge >= 0.3 is 0 Å². The molecule has 3 aromatic heterocycles. The maximum atomic E-state index is 12.4. The van der Waals surface area contributed by atoms with E-state index in [0.717, 1.165) is 10.4 Å². The third-order valence-electron chi connectivity index (χ3n) is 3.34. The summed E-state index contributed by atoms with van der Waals surface area (Å²) in [5, 5.41) is 9.76. The Morgan fingerprint density at radius 2 is 2.12 bits per heavy atom. The summed E-state index contributed by atoms with van der Waals surface area (Å²) < 4.78 is 1.14. The van der Waals surface area contributed by atoms with Crippen LogP contribution in [0.1, 0.15) is 24.3 Å². The molecular formula is C16H13Cl2N3O2S3. The van der Waals surface area contributed by atoms with Crippen LogP contribution >= 0.6 is 57.2 Å². The lowest BCUT2D eigenvalue weighted by molar-refractivity contribution is -0.120. The summed E-state index contributed by atoms with van der Waals surface area (Å²) in [5.74, 6) is -0.413. The Labute approximate surface area is 172 Å². The average molecular weight is 446 g/mol. The molecule has 0 aromatic carbocycles. The first-order chi connectivity index (χ1) is 12.4. The second kappa shape index (κ2) is 8.49. The van der Waals surface area contributed by atoms with Gasteiger partial charge in [0, 0.05) is 22.7 Å². The number of hydrogen-bond donors (Lipinski definition) is 2. The first-order valence-corrected chi connectivity index (χ1v) is 10.8. The highest BCUT2D eigenvalue weighted by Crippen LogP contribution is 2.39. The van der Waals surface area contributed by atoms with E-state index in [1.165, 1.54) is 40.9 Å². The summed E-state index contributed by atoms with van der Waals surface area (Å²) in [5.41, 5.74) is 1.41. The molecule has 26 heavy (non-hydrogen) atoms. The molecule has 0 spiro atoms. The number of thiophene rings is 2. The second-order valence-electron chi connectivity index (χ2n) is 5.30. The monoisotopic (exact) mass is 445 g/mol. The van der Waals surface area contributed by atoms with Crippen molar-refractivity contribution in [3.63, 3.8) is 0 Å². The van der Waals surface area contributed by atoms with Gasteiger partial charge in [0.05, 0.1) is 22.5 Å². The Kier molecular flexibility index (Phi) is 6.31. The molecule has 1 atom stereocenters. The number of amides is 2. The predicted octanol–water partition coefficient (Wildman–Crippen LogP) is 5.45. The maximum absolute atomic E-state index is 12.4. The summed E-state index contributed by atoms with van der Waals surface area (Å²) >= 11 is 16.2. The number of aromatic nitrogens is 1. The lowest BCUT2D eigenvalue weighted by atomic mass is 10.1. The van der Waals surface area contributed by atoms with E-state index in [1.807, 2.05) is 22.9 Å². The van der Waals surface area contributed by atoms with Crippen molar-refractivity contribution in [2.24, 2.45) is 0 Å². The Bertz CT molecular complexity index is 921. The summed E-state index contributed by atoms with van der Waals surface area (Å²) in [7, 11) is 0. The van der Waals surface area contributed by atoms with E-state index in [4.69, 9.17) is 23.2 Å². The topological polar surface area (TPSA) is 71.1 Å². The molecule has 0 aliphatic carbocycles. The molecule has 2 amide bonds. The van der Waals surface area contributed by atoms with Gasteiger partial charge in [0.15, 0.2) is 5.13 Å². The standard InChI is InChI=1S/C16H13Cl2N3O2S3/c1-8(22)19-10(12-3-2-4-24-12)6-14(23)21-16-20-11(7-25-16)9-5-13(17)26-15(9)18/h2-5,7,10H,6H2,1H3,(H,19,22)(H,20,21,23). The number of thiazole rings is 1. The van der Waals surface area contributed by atoms with Crippen molar-refractivity contribution in [1.82, 2.24) is 10.3 Å². The van der Waals surface area contributed by atoms with Gasteiger partial charge in [-0.3, -0.25) is 9.59 Å². The molecule has 0 aliphatic rings. The van der Waals surface area contributed by atoms with Crippen molar-refractivity contribution in [3.8, 4) is 11.3 Å². The lowest BCUT2D eigenvalue weighted by Crippen LogP contribution is -2.29. The second-order valence-corrected chi connectivity index (χ2v) is 9.42. The summed E-state index contributed by atoms with van der Waals surface area (Å²) in [6.45, 7) is 1.43. The van der Waals surface area contributed by atoms with E-state index >= 15 is 0 Å². The van der Waals surface area contributed by atoms with Gasteiger partial charge in [-0.15, -0.1) is 34.0 Å². The zero-order chi connectivity index (χ0) is 18.7. The molecule has 3 aromatic rings. The largest absolute Gasteiger partial charge is 0.348 e. The van der Waals surface area contributed by atoms with Gasteiger partial charge < -0.3 is 10.6 Å². The Morgan fingerprint density at radius 1 is 1.31 bits per heavy atom. The van der Waals surface area contributed by atoms with Gasteiger partial charge in [-0.2, -0.15) is 0 Å². The number of carbonyl (C=O) groups excluding carboxylic acids is 2. The minimum Gasteiger partial charge on any atom is -0.348 e. The molecule has 3 rings (SSSR count). The number of anilines is 1. The predicted molar refractivity (Wildman–Crippen MR) is 110 cm³/mol. The lowest BCUT2D eigenvalue weighted by Gasteiger charge is -2.15. The molecule has 0 radical (unpaired) electrons. The molecule has 3 heterocycles.